The highest BCUT2D eigenvalue weighted by Crippen LogP contribution is 2.43. The molecule has 2 nitrogen and oxygen atoms in total. The summed E-state index contributed by atoms with van der Waals surface area (Å²) in [7, 11) is 0. The third-order valence-corrected chi connectivity index (χ3v) is 6.14. The maximum Gasteiger partial charge on any atom is 0.103 e. The summed E-state index contributed by atoms with van der Waals surface area (Å²) in [6.07, 6.45) is 5.10. The largest absolute Gasteiger partial charge is 0.469 e. The molecule has 1 aliphatic rings. The number of hydrogen-bond acceptors (Lipinski definition) is 4. The Hall–Kier alpha value is -0.710. The fourth-order valence-electron chi connectivity index (χ4n) is 2.75. The van der Waals surface area contributed by atoms with Crippen molar-refractivity contribution >= 4 is 23.1 Å². The van der Waals surface area contributed by atoms with Gasteiger partial charge in [-0.2, -0.15) is 0 Å². The van der Waals surface area contributed by atoms with Crippen LogP contribution in [0.1, 0.15) is 44.1 Å². The zero-order valence-electron chi connectivity index (χ0n) is 12.0. The highest BCUT2D eigenvalue weighted by atomic mass is 32.2. The van der Waals surface area contributed by atoms with Crippen LogP contribution in [-0.2, 0) is 6.42 Å². The molecule has 0 saturated heterocycles. The van der Waals surface area contributed by atoms with E-state index in [1.54, 1.807) is 6.26 Å². The number of rotatable bonds is 5. The van der Waals surface area contributed by atoms with Crippen molar-refractivity contribution in [1.29, 1.82) is 0 Å². The summed E-state index contributed by atoms with van der Waals surface area (Å²) in [6, 6.07) is 7.33. The Bertz CT molecular complexity index is 534. The molecule has 3 rings (SSSR count). The summed E-state index contributed by atoms with van der Waals surface area (Å²) in [5.74, 6) is 1.09. The number of thioether (sulfide) groups is 1. The monoisotopic (exact) mass is 307 g/mol. The van der Waals surface area contributed by atoms with Crippen LogP contribution in [0, 0.1) is 0 Å². The van der Waals surface area contributed by atoms with Gasteiger partial charge in [0.1, 0.15) is 5.76 Å². The van der Waals surface area contributed by atoms with Crippen molar-refractivity contribution in [2.45, 2.75) is 54.7 Å². The molecule has 2 unspecified atom stereocenters. The van der Waals surface area contributed by atoms with Gasteiger partial charge in [0.05, 0.1) is 10.5 Å². The molecular formula is C16H21NOS2. The molecular weight excluding hydrogens is 286 g/mol. The molecule has 2 aromatic rings. The van der Waals surface area contributed by atoms with Gasteiger partial charge in [0.25, 0.3) is 0 Å². The van der Waals surface area contributed by atoms with Crippen LogP contribution < -0.4 is 5.32 Å². The topological polar surface area (TPSA) is 25.2 Å². The molecule has 0 radical (unpaired) electrons. The smallest absolute Gasteiger partial charge is 0.103 e. The summed E-state index contributed by atoms with van der Waals surface area (Å²) in [6.45, 7) is 4.61. The highest BCUT2D eigenvalue weighted by Gasteiger charge is 2.26. The molecule has 0 fully saturated rings. The quantitative estimate of drug-likeness (QED) is 0.852. The van der Waals surface area contributed by atoms with Crippen molar-refractivity contribution < 1.29 is 4.42 Å². The third-order valence-electron chi connectivity index (χ3n) is 3.80. The molecule has 108 valence electrons. The lowest BCUT2D eigenvalue weighted by molar-refractivity contribution is 0.398. The maximum absolute atomic E-state index is 5.41. The van der Waals surface area contributed by atoms with E-state index in [2.05, 4.69) is 36.7 Å². The molecule has 2 aromatic heterocycles. The zero-order valence-corrected chi connectivity index (χ0v) is 13.6. The molecule has 0 amide bonds. The molecule has 4 heteroatoms. The van der Waals surface area contributed by atoms with Crippen molar-refractivity contribution in [2.75, 3.05) is 0 Å². The summed E-state index contributed by atoms with van der Waals surface area (Å²) >= 11 is 3.90. The first-order chi connectivity index (χ1) is 9.72. The van der Waals surface area contributed by atoms with E-state index in [1.807, 2.05) is 29.2 Å². The Morgan fingerprint density at radius 3 is 3.15 bits per heavy atom. The van der Waals surface area contributed by atoms with Crippen LogP contribution in [-0.4, -0.2) is 11.3 Å². The Kier molecular flexibility index (Phi) is 4.54. The summed E-state index contributed by atoms with van der Waals surface area (Å²) < 4.78 is 6.90. The lowest BCUT2D eigenvalue weighted by atomic mass is 10.0. The van der Waals surface area contributed by atoms with E-state index >= 15 is 0 Å². The normalized spacial score (nSPS) is 23.5. The predicted octanol–water partition coefficient (Wildman–Crippen LogP) is 4.88. The number of nitrogens with one attached hydrogen (secondary N) is 1. The van der Waals surface area contributed by atoms with Crippen LogP contribution in [0.5, 0.6) is 0 Å². The first-order valence-electron chi connectivity index (χ1n) is 7.25. The molecule has 20 heavy (non-hydrogen) atoms. The van der Waals surface area contributed by atoms with Gasteiger partial charge < -0.3 is 9.73 Å². The SMILES string of the molecule is CC(CCc1ccco1)NC1C[C@H](C)Sc2sccc21. The second-order valence-electron chi connectivity index (χ2n) is 5.57. The van der Waals surface area contributed by atoms with Crippen LogP contribution in [0.25, 0.3) is 0 Å². The predicted molar refractivity (Wildman–Crippen MR) is 86.6 cm³/mol. The zero-order chi connectivity index (χ0) is 13.9. The van der Waals surface area contributed by atoms with Crippen molar-refractivity contribution in [3.05, 3.63) is 41.2 Å². The first-order valence-corrected chi connectivity index (χ1v) is 9.01. The van der Waals surface area contributed by atoms with Gasteiger partial charge in [0.15, 0.2) is 0 Å². The van der Waals surface area contributed by atoms with Gasteiger partial charge in [-0.15, -0.1) is 23.1 Å². The molecule has 1 aliphatic heterocycles. The molecule has 0 spiro atoms. The molecule has 3 heterocycles. The van der Waals surface area contributed by atoms with Crippen LogP contribution in [0.3, 0.4) is 0 Å². The molecule has 0 aliphatic carbocycles. The van der Waals surface area contributed by atoms with E-state index in [4.69, 9.17) is 4.42 Å². The van der Waals surface area contributed by atoms with E-state index in [-0.39, 0.29) is 0 Å². The Balaban J connectivity index is 1.57. The average Bonchev–Trinajstić information content (AvgIpc) is 3.06. The number of furan rings is 1. The lowest BCUT2D eigenvalue weighted by Gasteiger charge is -2.30. The van der Waals surface area contributed by atoms with E-state index in [0.717, 1.165) is 18.6 Å². The van der Waals surface area contributed by atoms with Gasteiger partial charge in [-0.3, -0.25) is 0 Å². The first kappa shape index (κ1) is 14.2. The minimum atomic E-state index is 0.508. The van der Waals surface area contributed by atoms with Gasteiger partial charge >= 0.3 is 0 Å². The van der Waals surface area contributed by atoms with Crippen molar-refractivity contribution in [2.24, 2.45) is 0 Å². The fraction of sp³-hybridized carbons (Fsp3) is 0.500. The number of fused-ring (bicyclic) bond motifs is 1. The van der Waals surface area contributed by atoms with Crippen LogP contribution >= 0.6 is 23.1 Å². The molecule has 0 bridgehead atoms. The van der Waals surface area contributed by atoms with Gasteiger partial charge in [-0.1, -0.05) is 6.92 Å². The molecule has 0 saturated carbocycles. The van der Waals surface area contributed by atoms with E-state index in [0.29, 0.717) is 17.3 Å². The van der Waals surface area contributed by atoms with E-state index < -0.39 is 0 Å². The van der Waals surface area contributed by atoms with Gasteiger partial charge in [-0.25, -0.2) is 0 Å². The number of thiophene rings is 1. The molecule has 0 aromatic carbocycles. The summed E-state index contributed by atoms with van der Waals surface area (Å²) in [4.78, 5) is 0. The average molecular weight is 307 g/mol. The van der Waals surface area contributed by atoms with E-state index in [1.165, 1.54) is 16.2 Å². The Labute approximate surface area is 129 Å². The van der Waals surface area contributed by atoms with Gasteiger partial charge in [-0.05, 0) is 48.9 Å². The van der Waals surface area contributed by atoms with Gasteiger partial charge in [0, 0.05) is 23.8 Å². The van der Waals surface area contributed by atoms with Crippen molar-refractivity contribution in [3.63, 3.8) is 0 Å². The van der Waals surface area contributed by atoms with Crippen LogP contribution in [0.2, 0.25) is 0 Å². The highest BCUT2D eigenvalue weighted by molar-refractivity contribution is 8.01. The Morgan fingerprint density at radius 1 is 1.45 bits per heavy atom. The van der Waals surface area contributed by atoms with E-state index in [9.17, 15) is 0 Å². The second-order valence-corrected chi connectivity index (χ2v) is 8.19. The Morgan fingerprint density at radius 2 is 2.35 bits per heavy atom. The minimum Gasteiger partial charge on any atom is -0.469 e. The summed E-state index contributed by atoms with van der Waals surface area (Å²) in [5, 5.41) is 6.73. The lowest BCUT2D eigenvalue weighted by Crippen LogP contribution is -2.33. The standard InChI is InChI=1S/C16H21NOS2/c1-11(5-6-13-4-3-8-18-13)17-15-10-12(2)20-16-14(15)7-9-19-16/h3-4,7-9,11-12,15,17H,5-6,10H2,1-2H3/t11?,12-,15?/m0/s1. The fourth-order valence-corrected chi connectivity index (χ4v) is 5.31. The van der Waals surface area contributed by atoms with Gasteiger partial charge in [0.2, 0.25) is 0 Å². The van der Waals surface area contributed by atoms with Crippen molar-refractivity contribution in [1.82, 2.24) is 5.32 Å². The second kappa shape index (κ2) is 6.37. The molecule has 1 N–H and O–H groups in total. The third kappa shape index (κ3) is 3.30. The number of hydrogen-bond donors (Lipinski definition) is 1. The summed E-state index contributed by atoms with van der Waals surface area (Å²) in [5.41, 5.74) is 1.50. The maximum atomic E-state index is 5.41. The minimum absolute atomic E-state index is 0.508. The van der Waals surface area contributed by atoms with Crippen LogP contribution in [0.15, 0.2) is 38.5 Å². The van der Waals surface area contributed by atoms with Crippen LogP contribution in [0.4, 0.5) is 0 Å². The molecule has 3 atom stereocenters. The number of aryl methyl sites for hydroxylation is 1. The van der Waals surface area contributed by atoms with Crippen molar-refractivity contribution in [3.8, 4) is 0 Å².